The van der Waals surface area contributed by atoms with Gasteiger partial charge < -0.3 is 15.4 Å². The summed E-state index contributed by atoms with van der Waals surface area (Å²) >= 11 is 0. The fourth-order valence-corrected chi connectivity index (χ4v) is 5.85. The van der Waals surface area contributed by atoms with Gasteiger partial charge in [-0.05, 0) is 43.5 Å². The molecule has 3 rings (SSSR count). The van der Waals surface area contributed by atoms with Crippen molar-refractivity contribution in [3.63, 3.8) is 0 Å². The number of anilines is 1. The van der Waals surface area contributed by atoms with Gasteiger partial charge in [0.2, 0.25) is 5.91 Å². The number of nitrogens with two attached hydrogens (primary N) is 1. The van der Waals surface area contributed by atoms with Crippen LogP contribution < -0.4 is 15.4 Å². The van der Waals surface area contributed by atoms with Crippen LogP contribution in [-0.4, -0.2) is 76.5 Å². The highest BCUT2D eigenvalue weighted by atomic mass is 32.2. The van der Waals surface area contributed by atoms with Crippen molar-refractivity contribution in [2.45, 2.75) is 51.2 Å². The highest BCUT2D eigenvalue weighted by Gasteiger charge is 2.48. The van der Waals surface area contributed by atoms with E-state index in [-0.39, 0.29) is 0 Å². The number of nitrogens with zero attached hydrogens (tertiary/aromatic N) is 3. The molecule has 2 fully saturated rings. The van der Waals surface area contributed by atoms with E-state index in [0.717, 1.165) is 44.0 Å². The molecular formula is C25H40N4O3S. The maximum Gasteiger partial charge on any atom is 0.237 e. The molecular weight excluding hydrogens is 436 g/mol. The average molecular weight is 477 g/mol. The lowest BCUT2D eigenvalue weighted by Crippen LogP contribution is -2.60. The Balaban J connectivity index is 0.00000187. The second kappa shape index (κ2) is 13.6. The van der Waals surface area contributed by atoms with E-state index < -0.39 is 21.6 Å². The van der Waals surface area contributed by atoms with Gasteiger partial charge in [-0.25, -0.2) is 8.51 Å². The third kappa shape index (κ3) is 6.95. The Hall–Kier alpha value is -2.08. The fourth-order valence-electron chi connectivity index (χ4n) is 4.16. The van der Waals surface area contributed by atoms with Crippen LogP contribution in [0.1, 0.15) is 46.5 Å². The molecule has 7 nitrogen and oxygen atoms in total. The molecule has 2 aliphatic rings. The molecule has 2 heterocycles. The molecule has 2 aliphatic heterocycles. The lowest BCUT2D eigenvalue weighted by molar-refractivity contribution is -0.121. The molecule has 2 saturated heterocycles. The van der Waals surface area contributed by atoms with Crippen molar-refractivity contribution in [2.75, 3.05) is 57.3 Å². The summed E-state index contributed by atoms with van der Waals surface area (Å²) in [5, 5.41) is 0. The normalized spacial score (nSPS) is 19.6. The molecule has 1 amide bonds. The van der Waals surface area contributed by atoms with E-state index in [1.807, 2.05) is 30.3 Å². The van der Waals surface area contributed by atoms with Gasteiger partial charge in [-0.3, -0.25) is 9.69 Å². The molecule has 0 spiro atoms. The number of likely N-dealkylation sites (tertiary alicyclic amines) is 1. The van der Waals surface area contributed by atoms with Gasteiger partial charge >= 0.3 is 0 Å². The molecule has 1 aromatic carbocycles. The van der Waals surface area contributed by atoms with E-state index in [1.165, 1.54) is 0 Å². The lowest BCUT2D eigenvalue weighted by Gasteiger charge is -2.43. The van der Waals surface area contributed by atoms with Gasteiger partial charge in [0.05, 0.1) is 13.2 Å². The van der Waals surface area contributed by atoms with E-state index in [9.17, 15) is 9.00 Å². The summed E-state index contributed by atoms with van der Waals surface area (Å²) in [5.41, 5.74) is 6.89. The van der Waals surface area contributed by atoms with Crippen LogP contribution in [-0.2, 0) is 15.8 Å². The van der Waals surface area contributed by atoms with Crippen LogP contribution in [0.5, 0.6) is 5.75 Å². The van der Waals surface area contributed by atoms with E-state index >= 15 is 0 Å². The molecule has 0 bridgehead atoms. The molecule has 1 unspecified atom stereocenters. The standard InChI is InChI=1S/C23H34N4O3S.C2H6/c1-3-5-19-30-21-8-6-20(7-9-21)26-15-17-27(18-16-26)31(29)23(22(24)28)10-13-25(12-4-2)14-11-23;1-2/h2,6-9H,3,5,10-19H2,1H3,(H2,24,28);1-2H3. The van der Waals surface area contributed by atoms with Crippen molar-refractivity contribution in [1.82, 2.24) is 9.21 Å². The number of unbranched alkanes of at least 4 members (excludes halogenated alkanes) is 1. The number of amides is 1. The van der Waals surface area contributed by atoms with Crippen LogP contribution in [0.4, 0.5) is 5.69 Å². The summed E-state index contributed by atoms with van der Waals surface area (Å²) in [6.07, 6.45) is 8.53. The van der Waals surface area contributed by atoms with E-state index in [0.29, 0.717) is 45.6 Å². The minimum atomic E-state index is -1.45. The molecule has 0 aromatic heterocycles. The number of terminal acetylenes is 1. The monoisotopic (exact) mass is 476 g/mol. The minimum Gasteiger partial charge on any atom is -0.494 e. The number of hydrogen-bond donors (Lipinski definition) is 1. The summed E-state index contributed by atoms with van der Waals surface area (Å²) < 4.78 is 20.1. The van der Waals surface area contributed by atoms with Crippen molar-refractivity contribution in [2.24, 2.45) is 5.73 Å². The topological polar surface area (TPSA) is 79.1 Å². The molecule has 0 saturated carbocycles. The maximum atomic E-state index is 13.4. The van der Waals surface area contributed by atoms with Crippen LogP contribution in [0, 0.1) is 12.3 Å². The predicted octanol–water partition coefficient (Wildman–Crippen LogP) is 2.63. The number of primary amides is 1. The number of piperazine rings is 1. The molecule has 0 aliphatic carbocycles. The number of ether oxygens (including phenoxy) is 1. The number of piperidine rings is 1. The first-order valence-corrected chi connectivity index (χ1v) is 13.2. The smallest absolute Gasteiger partial charge is 0.237 e. The number of benzene rings is 1. The Bertz CT molecular complexity index is 793. The highest BCUT2D eigenvalue weighted by molar-refractivity contribution is 7.85. The van der Waals surface area contributed by atoms with Gasteiger partial charge in [-0.2, -0.15) is 0 Å². The first-order valence-electron chi connectivity index (χ1n) is 12.1. The first-order chi connectivity index (χ1) is 16.0. The largest absolute Gasteiger partial charge is 0.494 e. The lowest BCUT2D eigenvalue weighted by atomic mass is 9.95. The van der Waals surface area contributed by atoms with Gasteiger partial charge in [0.15, 0.2) is 0 Å². The van der Waals surface area contributed by atoms with Crippen LogP contribution in [0.25, 0.3) is 0 Å². The van der Waals surface area contributed by atoms with Crippen LogP contribution in [0.2, 0.25) is 0 Å². The minimum absolute atomic E-state index is 0.465. The Labute approximate surface area is 202 Å². The third-order valence-electron chi connectivity index (χ3n) is 6.20. The van der Waals surface area contributed by atoms with E-state index in [1.54, 1.807) is 0 Å². The van der Waals surface area contributed by atoms with Crippen LogP contribution in [0.3, 0.4) is 0 Å². The average Bonchev–Trinajstić information content (AvgIpc) is 2.86. The summed E-state index contributed by atoms with van der Waals surface area (Å²) in [6, 6.07) is 8.14. The number of carbonyl (C=O) groups excluding carboxylic acids is 1. The number of rotatable bonds is 9. The van der Waals surface area contributed by atoms with Gasteiger partial charge in [-0.15, -0.1) is 6.42 Å². The van der Waals surface area contributed by atoms with Gasteiger partial charge in [0.25, 0.3) is 0 Å². The third-order valence-corrected chi connectivity index (χ3v) is 8.32. The predicted molar refractivity (Wildman–Crippen MR) is 137 cm³/mol. The fraction of sp³-hybridized carbons (Fsp3) is 0.640. The van der Waals surface area contributed by atoms with E-state index in [2.05, 4.69) is 34.8 Å². The van der Waals surface area contributed by atoms with Gasteiger partial charge in [0.1, 0.15) is 21.5 Å². The van der Waals surface area contributed by atoms with Crippen molar-refractivity contribution in [3.8, 4) is 18.1 Å². The highest BCUT2D eigenvalue weighted by Crippen LogP contribution is 2.31. The molecule has 1 aromatic rings. The van der Waals surface area contributed by atoms with Crippen molar-refractivity contribution >= 4 is 22.6 Å². The first kappa shape index (κ1) is 27.2. The SMILES string of the molecule is C#CCN1CCC(C(N)=O)(S(=O)N2CCN(c3ccc(OCCCC)cc3)CC2)CC1.CC. The summed E-state index contributed by atoms with van der Waals surface area (Å²) in [5.74, 6) is 3.05. The zero-order valence-corrected chi connectivity index (χ0v) is 21.2. The molecule has 2 N–H and O–H groups in total. The van der Waals surface area contributed by atoms with Crippen molar-refractivity contribution < 1.29 is 13.7 Å². The molecule has 1 atom stereocenters. The Morgan fingerprint density at radius 3 is 2.24 bits per heavy atom. The second-order valence-corrected chi connectivity index (χ2v) is 10.00. The molecule has 33 heavy (non-hydrogen) atoms. The summed E-state index contributed by atoms with van der Waals surface area (Å²) in [6.45, 7) is 11.5. The molecule has 184 valence electrons. The summed E-state index contributed by atoms with van der Waals surface area (Å²) in [4.78, 5) is 16.7. The Morgan fingerprint density at radius 2 is 1.73 bits per heavy atom. The van der Waals surface area contributed by atoms with Crippen molar-refractivity contribution in [3.05, 3.63) is 24.3 Å². The van der Waals surface area contributed by atoms with Crippen LogP contribution >= 0.6 is 0 Å². The number of carbonyl (C=O) groups is 1. The second-order valence-electron chi connectivity index (χ2n) is 8.20. The zero-order chi connectivity index (χ0) is 24.3. The van der Waals surface area contributed by atoms with Crippen LogP contribution in [0.15, 0.2) is 24.3 Å². The Kier molecular flexibility index (Phi) is 11.2. The summed E-state index contributed by atoms with van der Waals surface area (Å²) in [7, 11) is -1.45. The van der Waals surface area contributed by atoms with E-state index in [4.69, 9.17) is 16.9 Å². The maximum absolute atomic E-state index is 13.4. The molecule has 8 heteroatoms. The number of hydrogen-bond acceptors (Lipinski definition) is 5. The molecule has 0 radical (unpaired) electrons. The Morgan fingerprint density at radius 1 is 1.12 bits per heavy atom. The van der Waals surface area contributed by atoms with Gasteiger partial charge in [0, 0.05) is 45.0 Å². The quantitative estimate of drug-likeness (QED) is 0.438. The van der Waals surface area contributed by atoms with Crippen molar-refractivity contribution in [1.29, 1.82) is 0 Å². The zero-order valence-electron chi connectivity index (χ0n) is 20.4. The van der Waals surface area contributed by atoms with Gasteiger partial charge in [-0.1, -0.05) is 33.1 Å².